The van der Waals surface area contributed by atoms with Gasteiger partial charge in [-0.1, -0.05) is 38.7 Å². The van der Waals surface area contributed by atoms with Crippen molar-refractivity contribution in [1.29, 1.82) is 0 Å². The van der Waals surface area contributed by atoms with Crippen LogP contribution in [0.25, 0.3) is 0 Å². The number of nitrogens with one attached hydrogen (secondary N) is 2. The minimum absolute atomic E-state index is 0.0777. The molecule has 2 aliphatic rings. The summed E-state index contributed by atoms with van der Waals surface area (Å²) >= 11 is 0. The summed E-state index contributed by atoms with van der Waals surface area (Å²) in [5.74, 6) is 1.79. The standard InChI is InChI=1S/C18H26N2O/c1-13-2-4-14(5-3-13)8-9-20-18(21)15-6-7-16-11-19-12-17(16)10-15/h6-7,10,13-14,19H,2-5,8-9,11-12H2,1H3,(H,20,21). The highest BCUT2D eigenvalue weighted by molar-refractivity contribution is 5.94. The van der Waals surface area contributed by atoms with Crippen LogP contribution in [0.2, 0.25) is 0 Å². The number of benzene rings is 1. The number of carbonyl (C=O) groups is 1. The Labute approximate surface area is 127 Å². The molecule has 0 atom stereocenters. The molecule has 0 spiro atoms. The predicted molar refractivity (Wildman–Crippen MR) is 85.1 cm³/mol. The predicted octanol–water partition coefficient (Wildman–Crippen LogP) is 3.24. The van der Waals surface area contributed by atoms with Crippen molar-refractivity contribution in [3.63, 3.8) is 0 Å². The van der Waals surface area contributed by atoms with Gasteiger partial charge >= 0.3 is 0 Å². The van der Waals surface area contributed by atoms with Gasteiger partial charge in [0.2, 0.25) is 0 Å². The topological polar surface area (TPSA) is 41.1 Å². The fourth-order valence-corrected chi connectivity index (χ4v) is 3.55. The molecule has 0 unspecified atom stereocenters. The molecular formula is C18H26N2O. The molecule has 0 bridgehead atoms. The summed E-state index contributed by atoms with van der Waals surface area (Å²) in [7, 11) is 0. The molecular weight excluding hydrogens is 260 g/mol. The van der Waals surface area contributed by atoms with Crippen molar-refractivity contribution in [3.05, 3.63) is 34.9 Å². The molecule has 1 aromatic carbocycles. The van der Waals surface area contributed by atoms with E-state index < -0.39 is 0 Å². The van der Waals surface area contributed by atoms with Gasteiger partial charge in [0.15, 0.2) is 0 Å². The summed E-state index contributed by atoms with van der Waals surface area (Å²) in [5.41, 5.74) is 3.39. The van der Waals surface area contributed by atoms with E-state index in [0.29, 0.717) is 0 Å². The van der Waals surface area contributed by atoms with Crippen molar-refractivity contribution in [2.75, 3.05) is 6.54 Å². The maximum atomic E-state index is 12.2. The maximum absolute atomic E-state index is 12.2. The van der Waals surface area contributed by atoms with E-state index in [2.05, 4.69) is 23.6 Å². The summed E-state index contributed by atoms with van der Waals surface area (Å²) in [6, 6.07) is 6.06. The van der Waals surface area contributed by atoms with Crippen molar-refractivity contribution in [3.8, 4) is 0 Å². The Kier molecular flexibility index (Phi) is 4.59. The van der Waals surface area contributed by atoms with E-state index in [-0.39, 0.29) is 5.91 Å². The summed E-state index contributed by atoms with van der Waals surface area (Å²) in [6.07, 6.45) is 6.51. The van der Waals surface area contributed by atoms with Crippen LogP contribution in [0.5, 0.6) is 0 Å². The third kappa shape index (κ3) is 3.65. The minimum atomic E-state index is 0.0777. The number of rotatable bonds is 4. The zero-order valence-corrected chi connectivity index (χ0v) is 13.0. The van der Waals surface area contributed by atoms with Crippen LogP contribution in [0, 0.1) is 11.8 Å². The number of fused-ring (bicyclic) bond motifs is 1. The molecule has 0 aromatic heterocycles. The van der Waals surface area contributed by atoms with Gasteiger partial charge in [-0.15, -0.1) is 0 Å². The zero-order chi connectivity index (χ0) is 14.7. The highest BCUT2D eigenvalue weighted by Gasteiger charge is 2.18. The molecule has 21 heavy (non-hydrogen) atoms. The molecule has 3 rings (SSSR count). The summed E-state index contributed by atoms with van der Waals surface area (Å²) < 4.78 is 0. The van der Waals surface area contributed by atoms with Gasteiger partial charge in [-0.3, -0.25) is 4.79 Å². The SMILES string of the molecule is CC1CCC(CCNC(=O)c2ccc3c(c2)CNC3)CC1. The maximum Gasteiger partial charge on any atom is 0.251 e. The number of carbonyl (C=O) groups excluding carboxylic acids is 1. The number of hydrogen-bond donors (Lipinski definition) is 2. The molecule has 3 nitrogen and oxygen atoms in total. The zero-order valence-electron chi connectivity index (χ0n) is 13.0. The number of amides is 1. The van der Waals surface area contributed by atoms with Crippen molar-refractivity contribution in [2.24, 2.45) is 11.8 Å². The summed E-state index contributed by atoms with van der Waals surface area (Å²) in [5, 5.41) is 6.40. The van der Waals surface area contributed by atoms with E-state index >= 15 is 0 Å². The number of hydrogen-bond acceptors (Lipinski definition) is 2. The van der Waals surface area contributed by atoms with Gasteiger partial charge in [0.05, 0.1) is 0 Å². The van der Waals surface area contributed by atoms with Crippen LogP contribution in [-0.2, 0) is 13.1 Å². The highest BCUT2D eigenvalue weighted by atomic mass is 16.1. The molecule has 0 radical (unpaired) electrons. The van der Waals surface area contributed by atoms with E-state index in [4.69, 9.17) is 0 Å². The molecule has 1 aliphatic heterocycles. The quantitative estimate of drug-likeness (QED) is 0.892. The van der Waals surface area contributed by atoms with E-state index in [9.17, 15) is 4.79 Å². The Morgan fingerprint density at radius 3 is 2.76 bits per heavy atom. The van der Waals surface area contributed by atoms with Gasteiger partial charge in [-0.2, -0.15) is 0 Å². The van der Waals surface area contributed by atoms with Crippen LogP contribution in [-0.4, -0.2) is 12.5 Å². The lowest BCUT2D eigenvalue weighted by Gasteiger charge is -2.26. The van der Waals surface area contributed by atoms with Gasteiger partial charge in [-0.25, -0.2) is 0 Å². The molecule has 1 heterocycles. The van der Waals surface area contributed by atoms with Crippen molar-refractivity contribution in [2.45, 2.75) is 52.1 Å². The monoisotopic (exact) mass is 286 g/mol. The van der Waals surface area contributed by atoms with Crippen molar-refractivity contribution < 1.29 is 4.79 Å². The normalized spacial score (nSPS) is 24.6. The van der Waals surface area contributed by atoms with Crippen LogP contribution in [0.3, 0.4) is 0 Å². The van der Waals surface area contributed by atoms with E-state index in [0.717, 1.165) is 43.5 Å². The Hall–Kier alpha value is -1.35. The Morgan fingerprint density at radius 1 is 1.19 bits per heavy atom. The summed E-state index contributed by atoms with van der Waals surface area (Å²) in [4.78, 5) is 12.2. The second kappa shape index (κ2) is 6.61. The third-order valence-corrected chi connectivity index (χ3v) is 5.07. The lowest BCUT2D eigenvalue weighted by atomic mass is 9.81. The van der Waals surface area contributed by atoms with Gasteiger partial charge in [0.1, 0.15) is 0 Å². The molecule has 0 saturated heterocycles. The first kappa shape index (κ1) is 14.6. The van der Waals surface area contributed by atoms with Crippen LogP contribution < -0.4 is 10.6 Å². The highest BCUT2D eigenvalue weighted by Crippen LogP contribution is 2.29. The molecule has 1 aliphatic carbocycles. The summed E-state index contributed by atoms with van der Waals surface area (Å²) in [6.45, 7) is 4.97. The lowest BCUT2D eigenvalue weighted by molar-refractivity contribution is 0.0949. The molecule has 1 amide bonds. The average Bonchev–Trinajstić information content (AvgIpc) is 2.96. The van der Waals surface area contributed by atoms with E-state index in [1.807, 2.05) is 12.1 Å². The Balaban J connectivity index is 1.46. The fraction of sp³-hybridized carbons (Fsp3) is 0.611. The van der Waals surface area contributed by atoms with Crippen molar-refractivity contribution >= 4 is 5.91 Å². The lowest BCUT2D eigenvalue weighted by Crippen LogP contribution is -2.27. The largest absolute Gasteiger partial charge is 0.352 e. The van der Waals surface area contributed by atoms with E-state index in [1.54, 1.807) is 0 Å². The average molecular weight is 286 g/mol. The van der Waals surface area contributed by atoms with Gasteiger partial charge < -0.3 is 10.6 Å². The van der Waals surface area contributed by atoms with Gasteiger partial charge in [0, 0.05) is 25.2 Å². The van der Waals surface area contributed by atoms with Gasteiger partial charge in [0.25, 0.3) is 5.91 Å². The fourth-order valence-electron chi connectivity index (χ4n) is 3.55. The Morgan fingerprint density at radius 2 is 1.95 bits per heavy atom. The Bertz CT molecular complexity index is 504. The molecule has 3 heteroatoms. The third-order valence-electron chi connectivity index (χ3n) is 5.07. The second-order valence-corrected chi connectivity index (χ2v) is 6.76. The first-order valence-corrected chi connectivity index (χ1v) is 8.33. The molecule has 1 saturated carbocycles. The van der Waals surface area contributed by atoms with Crippen LogP contribution in [0.1, 0.15) is 60.5 Å². The van der Waals surface area contributed by atoms with Crippen LogP contribution in [0.4, 0.5) is 0 Å². The van der Waals surface area contributed by atoms with Crippen LogP contribution >= 0.6 is 0 Å². The van der Waals surface area contributed by atoms with Gasteiger partial charge in [-0.05, 0) is 41.5 Å². The molecule has 114 valence electrons. The molecule has 1 fully saturated rings. The van der Waals surface area contributed by atoms with Crippen molar-refractivity contribution in [1.82, 2.24) is 10.6 Å². The molecule has 1 aromatic rings. The minimum Gasteiger partial charge on any atom is -0.352 e. The smallest absolute Gasteiger partial charge is 0.251 e. The van der Waals surface area contributed by atoms with E-state index in [1.165, 1.54) is 36.8 Å². The second-order valence-electron chi connectivity index (χ2n) is 6.76. The first-order valence-electron chi connectivity index (χ1n) is 8.33. The first-order chi connectivity index (χ1) is 10.2. The van der Waals surface area contributed by atoms with Crippen LogP contribution in [0.15, 0.2) is 18.2 Å². The molecule has 2 N–H and O–H groups in total.